The molecule has 1 aromatic carbocycles. The summed E-state index contributed by atoms with van der Waals surface area (Å²) >= 11 is 3.53. The van der Waals surface area contributed by atoms with Gasteiger partial charge < -0.3 is 9.73 Å². The summed E-state index contributed by atoms with van der Waals surface area (Å²) in [5.74, 6) is 2.02. The summed E-state index contributed by atoms with van der Waals surface area (Å²) in [7, 11) is 0. The molecule has 1 heterocycles. The molecule has 0 spiro atoms. The second-order valence-electron chi connectivity index (χ2n) is 4.60. The molecule has 1 unspecified atom stereocenters. The van der Waals surface area contributed by atoms with Crippen LogP contribution in [0.2, 0.25) is 0 Å². The number of benzene rings is 1. The monoisotopic (exact) mass is 321 g/mol. The number of furan rings is 1. The highest BCUT2D eigenvalue weighted by atomic mass is 79.9. The van der Waals surface area contributed by atoms with Crippen LogP contribution in [0, 0.1) is 0 Å². The van der Waals surface area contributed by atoms with Gasteiger partial charge in [0.05, 0.1) is 6.04 Å². The summed E-state index contributed by atoms with van der Waals surface area (Å²) in [4.78, 5) is 0. The minimum atomic E-state index is 0.123. The molecule has 102 valence electrons. The van der Waals surface area contributed by atoms with Crippen molar-refractivity contribution in [3.8, 4) is 0 Å². The number of nitrogens with one attached hydrogen (secondary N) is 1. The molecule has 0 fully saturated rings. The van der Waals surface area contributed by atoms with Crippen LogP contribution >= 0.6 is 15.9 Å². The first kappa shape index (κ1) is 14.4. The molecule has 0 aliphatic heterocycles. The molecule has 0 aliphatic carbocycles. The van der Waals surface area contributed by atoms with Crippen molar-refractivity contribution in [2.24, 2.45) is 0 Å². The zero-order valence-electron chi connectivity index (χ0n) is 11.4. The normalized spacial score (nSPS) is 12.6. The fourth-order valence-corrected chi connectivity index (χ4v) is 2.51. The lowest BCUT2D eigenvalue weighted by atomic mass is 10.0. The molecule has 1 N–H and O–H groups in total. The molecule has 0 saturated heterocycles. The van der Waals surface area contributed by atoms with Crippen LogP contribution in [0.1, 0.15) is 43.4 Å². The van der Waals surface area contributed by atoms with Crippen molar-refractivity contribution in [2.45, 2.75) is 32.7 Å². The van der Waals surface area contributed by atoms with Crippen LogP contribution in [0.15, 0.2) is 45.3 Å². The third-order valence-electron chi connectivity index (χ3n) is 3.10. The fraction of sp³-hybridized carbons (Fsp3) is 0.375. The SMILES string of the molecule is CCCNC(c1cccc(Br)c1)c1ccc(CC)o1. The van der Waals surface area contributed by atoms with E-state index in [1.54, 1.807) is 0 Å². The van der Waals surface area contributed by atoms with Gasteiger partial charge in [-0.05, 0) is 42.8 Å². The van der Waals surface area contributed by atoms with Gasteiger partial charge in [0.25, 0.3) is 0 Å². The zero-order chi connectivity index (χ0) is 13.7. The van der Waals surface area contributed by atoms with Crippen molar-refractivity contribution < 1.29 is 4.42 Å². The Morgan fingerprint density at radius 3 is 2.68 bits per heavy atom. The summed E-state index contributed by atoms with van der Waals surface area (Å²) in [5, 5.41) is 3.55. The highest BCUT2D eigenvalue weighted by molar-refractivity contribution is 9.10. The molecule has 2 aromatic rings. The second-order valence-corrected chi connectivity index (χ2v) is 5.52. The van der Waals surface area contributed by atoms with Gasteiger partial charge in [0.1, 0.15) is 11.5 Å². The van der Waals surface area contributed by atoms with Gasteiger partial charge in [-0.1, -0.05) is 41.9 Å². The van der Waals surface area contributed by atoms with Crippen LogP contribution < -0.4 is 5.32 Å². The molecule has 0 bridgehead atoms. The molecule has 0 saturated carbocycles. The van der Waals surface area contributed by atoms with E-state index in [9.17, 15) is 0 Å². The van der Waals surface area contributed by atoms with E-state index in [2.05, 4.69) is 65.4 Å². The van der Waals surface area contributed by atoms with Gasteiger partial charge in [-0.25, -0.2) is 0 Å². The molecule has 2 nitrogen and oxygen atoms in total. The van der Waals surface area contributed by atoms with Crippen LogP contribution in [-0.2, 0) is 6.42 Å². The van der Waals surface area contributed by atoms with Gasteiger partial charge in [-0.3, -0.25) is 0 Å². The van der Waals surface area contributed by atoms with Crippen molar-refractivity contribution in [2.75, 3.05) is 6.54 Å². The Bertz CT molecular complexity index is 521. The Morgan fingerprint density at radius 2 is 2.05 bits per heavy atom. The maximum atomic E-state index is 5.91. The molecule has 0 aliphatic rings. The Morgan fingerprint density at radius 1 is 1.21 bits per heavy atom. The maximum Gasteiger partial charge on any atom is 0.125 e. The third kappa shape index (κ3) is 3.71. The van der Waals surface area contributed by atoms with Crippen LogP contribution in [0.3, 0.4) is 0 Å². The van der Waals surface area contributed by atoms with Gasteiger partial charge in [0.15, 0.2) is 0 Å². The number of hydrogen-bond acceptors (Lipinski definition) is 2. The predicted octanol–water partition coefficient (Wildman–Crippen LogP) is 4.69. The van der Waals surface area contributed by atoms with Crippen molar-refractivity contribution in [1.82, 2.24) is 5.32 Å². The summed E-state index contributed by atoms with van der Waals surface area (Å²) in [6.07, 6.45) is 2.03. The van der Waals surface area contributed by atoms with E-state index < -0.39 is 0 Å². The van der Waals surface area contributed by atoms with E-state index in [0.29, 0.717) is 0 Å². The van der Waals surface area contributed by atoms with Crippen LogP contribution in [0.4, 0.5) is 0 Å². The standard InChI is InChI=1S/C16H20BrNO/c1-3-10-18-16(12-6-5-7-13(17)11-12)15-9-8-14(4-2)19-15/h5-9,11,16,18H,3-4,10H2,1-2H3. The summed E-state index contributed by atoms with van der Waals surface area (Å²) < 4.78 is 7.00. The second kappa shape index (κ2) is 6.92. The lowest BCUT2D eigenvalue weighted by molar-refractivity contribution is 0.422. The first-order valence-corrected chi connectivity index (χ1v) is 7.61. The Balaban J connectivity index is 2.29. The number of halogens is 1. The summed E-state index contributed by atoms with van der Waals surface area (Å²) in [5.41, 5.74) is 1.22. The van der Waals surface area contributed by atoms with E-state index in [4.69, 9.17) is 4.42 Å². The molecular formula is C16H20BrNO. The summed E-state index contributed by atoms with van der Waals surface area (Å²) in [6.45, 7) is 5.25. The summed E-state index contributed by atoms with van der Waals surface area (Å²) in [6, 6.07) is 12.6. The number of rotatable bonds is 6. The minimum absolute atomic E-state index is 0.123. The third-order valence-corrected chi connectivity index (χ3v) is 3.59. The van der Waals surface area contributed by atoms with Crippen LogP contribution in [0.25, 0.3) is 0 Å². The van der Waals surface area contributed by atoms with Crippen LogP contribution in [0.5, 0.6) is 0 Å². The van der Waals surface area contributed by atoms with E-state index in [1.807, 2.05) is 6.07 Å². The van der Waals surface area contributed by atoms with E-state index in [-0.39, 0.29) is 6.04 Å². The Kier molecular flexibility index (Phi) is 5.23. The average molecular weight is 322 g/mol. The van der Waals surface area contributed by atoms with E-state index >= 15 is 0 Å². The van der Waals surface area contributed by atoms with Gasteiger partial charge >= 0.3 is 0 Å². The fourth-order valence-electron chi connectivity index (χ4n) is 2.10. The Hall–Kier alpha value is -1.06. The predicted molar refractivity (Wildman–Crippen MR) is 82.4 cm³/mol. The van der Waals surface area contributed by atoms with Gasteiger partial charge in [0, 0.05) is 10.9 Å². The van der Waals surface area contributed by atoms with Crippen molar-refractivity contribution in [1.29, 1.82) is 0 Å². The average Bonchev–Trinajstić information content (AvgIpc) is 2.88. The van der Waals surface area contributed by atoms with Crippen LogP contribution in [-0.4, -0.2) is 6.54 Å². The smallest absolute Gasteiger partial charge is 0.125 e. The highest BCUT2D eigenvalue weighted by Crippen LogP contribution is 2.26. The number of hydrogen-bond donors (Lipinski definition) is 1. The van der Waals surface area contributed by atoms with Gasteiger partial charge in [-0.15, -0.1) is 0 Å². The zero-order valence-corrected chi connectivity index (χ0v) is 13.0. The molecular weight excluding hydrogens is 302 g/mol. The first-order chi connectivity index (χ1) is 9.24. The van der Waals surface area contributed by atoms with Crippen molar-refractivity contribution >= 4 is 15.9 Å². The molecule has 2 rings (SSSR count). The lowest BCUT2D eigenvalue weighted by Gasteiger charge is -2.17. The molecule has 0 amide bonds. The molecule has 1 atom stereocenters. The van der Waals surface area contributed by atoms with E-state index in [0.717, 1.165) is 35.4 Å². The van der Waals surface area contributed by atoms with Gasteiger partial charge in [-0.2, -0.15) is 0 Å². The van der Waals surface area contributed by atoms with Gasteiger partial charge in [0.2, 0.25) is 0 Å². The topological polar surface area (TPSA) is 25.2 Å². The van der Waals surface area contributed by atoms with Crippen molar-refractivity contribution in [3.05, 3.63) is 58.0 Å². The van der Waals surface area contributed by atoms with Crippen molar-refractivity contribution in [3.63, 3.8) is 0 Å². The molecule has 19 heavy (non-hydrogen) atoms. The quantitative estimate of drug-likeness (QED) is 0.834. The Labute approximate surface area is 123 Å². The first-order valence-electron chi connectivity index (χ1n) is 6.82. The largest absolute Gasteiger partial charge is 0.464 e. The minimum Gasteiger partial charge on any atom is -0.464 e. The lowest BCUT2D eigenvalue weighted by Crippen LogP contribution is -2.22. The highest BCUT2D eigenvalue weighted by Gasteiger charge is 2.17. The van der Waals surface area contributed by atoms with E-state index in [1.165, 1.54) is 5.56 Å². The molecule has 3 heteroatoms. The molecule has 0 radical (unpaired) electrons. The maximum absolute atomic E-state index is 5.91. The molecule has 1 aromatic heterocycles. The number of aryl methyl sites for hydroxylation is 1.